The smallest absolute Gasteiger partial charge is 0.224 e. The van der Waals surface area contributed by atoms with Crippen LogP contribution < -0.4 is 15.5 Å². The first kappa shape index (κ1) is 27.6. The Kier molecular flexibility index (Phi) is 7.51. The van der Waals surface area contributed by atoms with Crippen molar-refractivity contribution in [3.8, 4) is 5.69 Å². The molecule has 3 heterocycles. The minimum absolute atomic E-state index is 0.00330. The summed E-state index contributed by atoms with van der Waals surface area (Å²) in [5, 5.41) is 7.24. The average molecular weight is 552 g/mol. The summed E-state index contributed by atoms with van der Waals surface area (Å²) in [7, 11) is 0. The van der Waals surface area contributed by atoms with Gasteiger partial charge in [0.1, 0.15) is 0 Å². The summed E-state index contributed by atoms with van der Waals surface area (Å²) >= 11 is 5.98. The number of anilines is 2. The number of aryl methyl sites for hydroxylation is 5. The first-order valence-electron chi connectivity index (χ1n) is 13.8. The SMILES string of the molecule is CCC(=O)Nc1ccc(N2C(=S)N[C@H](c3ccccn3)[C@H]2c2cc(C)n(-c3c(C)cc(C)cc3C)c2C)cc1C. The maximum Gasteiger partial charge on any atom is 0.224 e. The van der Waals surface area contributed by atoms with E-state index in [1.54, 1.807) is 0 Å². The summed E-state index contributed by atoms with van der Waals surface area (Å²) in [6, 6.07) is 18.6. The van der Waals surface area contributed by atoms with Crippen LogP contribution >= 0.6 is 12.2 Å². The van der Waals surface area contributed by atoms with Crippen LogP contribution in [-0.4, -0.2) is 20.6 Å². The van der Waals surface area contributed by atoms with Crippen LogP contribution in [-0.2, 0) is 4.79 Å². The Labute approximate surface area is 242 Å². The molecule has 0 aliphatic carbocycles. The first-order valence-corrected chi connectivity index (χ1v) is 14.2. The van der Waals surface area contributed by atoms with Gasteiger partial charge in [-0.15, -0.1) is 0 Å². The third-order valence-electron chi connectivity index (χ3n) is 7.83. The Morgan fingerprint density at radius 2 is 1.70 bits per heavy atom. The molecule has 1 amide bonds. The molecule has 0 spiro atoms. The predicted octanol–water partition coefficient (Wildman–Crippen LogP) is 7.25. The molecule has 2 aromatic carbocycles. The molecule has 6 nitrogen and oxygen atoms in total. The number of nitrogens with one attached hydrogen (secondary N) is 2. The van der Waals surface area contributed by atoms with E-state index in [0.29, 0.717) is 11.5 Å². The van der Waals surface area contributed by atoms with E-state index in [-0.39, 0.29) is 18.0 Å². The van der Waals surface area contributed by atoms with Gasteiger partial charge in [0.25, 0.3) is 0 Å². The van der Waals surface area contributed by atoms with Gasteiger partial charge in [0.05, 0.1) is 23.5 Å². The normalized spacial score (nSPS) is 16.8. The summed E-state index contributed by atoms with van der Waals surface area (Å²) in [4.78, 5) is 19.0. The lowest BCUT2D eigenvalue weighted by atomic mass is 9.96. The standard InChI is InChI=1S/C33H37N5OS/c1-8-29(39)35-27-13-12-25(17-20(27)3)38-32(30(36-33(38)40)28-11-9-10-14-34-28)26-18-23(6)37(24(26)7)31-21(4)15-19(2)16-22(31)5/h9-18,30,32H,8H2,1-7H3,(H,35,39)(H,36,40)/t30-,32-/m1/s1. The number of benzene rings is 2. The molecule has 206 valence electrons. The van der Waals surface area contributed by atoms with Gasteiger partial charge in [0, 0.05) is 35.4 Å². The lowest BCUT2D eigenvalue weighted by Crippen LogP contribution is -2.29. The van der Waals surface area contributed by atoms with Crippen LogP contribution in [0.1, 0.15) is 70.3 Å². The van der Waals surface area contributed by atoms with Crippen LogP contribution in [0.25, 0.3) is 5.69 Å². The second-order valence-corrected chi connectivity index (χ2v) is 11.2. The third-order valence-corrected chi connectivity index (χ3v) is 8.14. The molecule has 0 unspecified atom stereocenters. The number of hydrogen-bond donors (Lipinski definition) is 2. The molecule has 40 heavy (non-hydrogen) atoms. The van der Waals surface area contributed by atoms with Gasteiger partial charge in [-0.1, -0.05) is 30.7 Å². The highest BCUT2D eigenvalue weighted by Crippen LogP contribution is 2.44. The number of thiocarbonyl (C=S) groups is 1. The van der Waals surface area contributed by atoms with Gasteiger partial charge in [0.2, 0.25) is 5.91 Å². The van der Waals surface area contributed by atoms with E-state index in [2.05, 4.69) is 85.1 Å². The van der Waals surface area contributed by atoms with Crippen LogP contribution in [0.5, 0.6) is 0 Å². The molecule has 2 aromatic heterocycles. The molecule has 0 radical (unpaired) electrons. The molecule has 2 atom stereocenters. The van der Waals surface area contributed by atoms with Crippen LogP contribution in [0, 0.1) is 41.5 Å². The van der Waals surface area contributed by atoms with Gasteiger partial charge >= 0.3 is 0 Å². The number of rotatable bonds is 6. The van der Waals surface area contributed by atoms with Crippen molar-refractivity contribution in [2.24, 2.45) is 0 Å². The highest BCUT2D eigenvalue weighted by molar-refractivity contribution is 7.80. The predicted molar refractivity (Wildman–Crippen MR) is 167 cm³/mol. The van der Waals surface area contributed by atoms with Crippen LogP contribution in [0.2, 0.25) is 0 Å². The summed E-state index contributed by atoms with van der Waals surface area (Å²) in [5.41, 5.74) is 12.3. The Morgan fingerprint density at radius 1 is 0.975 bits per heavy atom. The van der Waals surface area contributed by atoms with E-state index >= 15 is 0 Å². The van der Waals surface area contributed by atoms with Crippen molar-refractivity contribution in [1.29, 1.82) is 0 Å². The van der Waals surface area contributed by atoms with Crippen molar-refractivity contribution in [1.82, 2.24) is 14.9 Å². The summed E-state index contributed by atoms with van der Waals surface area (Å²) < 4.78 is 2.38. The van der Waals surface area contributed by atoms with Crippen molar-refractivity contribution in [2.75, 3.05) is 10.2 Å². The number of nitrogens with zero attached hydrogens (tertiary/aromatic N) is 3. The number of aromatic nitrogens is 2. The Morgan fingerprint density at radius 3 is 2.33 bits per heavy atom. The number of carbonyl (C=O) groups is 1. The quantitative estimate of drug-likeness (QED) is 0.247. The zero-order chi connectivity index (χ0) is 28.7. The topological polar surface area (TPSA) is 62.2 Å². The molecule has 0 saturated carbocycles. The lowest BCUT2D eigenvalue weighted by Gasteiger charge is -2.29. The van der Waals surface area contributed by atoms with Crippen molar-refractivity contribution in [2.45, 2.75) is 67.0 Å². The number of pyridine rings is 1. The zero-order valence-corrected chi connectivity index (χ0v) is 25.1. The van der Waals surface area contributed by atoms with E-state index in [4.69, 9.17) is 17.2 Å². The van der Waals surface area contributed by atoms with E-state index in [9.17, 15) is 4.79 Å². The summed E-state index contributed by atoms with van der Waals surface area (Å²) in [5.74, 6) is -0.00330. The molecule has 7 heteroatoms. The van der Waals surface area contributed by atoms with E-state index < -0.39 is 0 Å². The van der Waals surface area contributed by atoms with Gasteiger partial charge in [-0.3, -0.25) is 9.78 Å². The first-order chi connectivity index (χ1) is 19.1. The van der Waals surface area contributed by atoms with Gasteiger partial charge in [-0.2, -0.15) is 0 Å². The Bertz CT molecular complexity index is 1580. The maximum atomic E-state index is 12.1. The second-order valence-electron chi connectivity index (χ2n) is 10.8. The van der Waals surface area contributed by atoms with Crippen molar-refractivity contribution in [3.05, 3.63) is 106 Å². The van der Waals surface area contributed by atoms with Gasteiger partial charge in [0.15, 0.2) is 5.11 Å². The van der Waals surface area contributed by atoms with Gasteiger partial charge in [-0.05, 0) is 112 Å². The molecular formula is C33H37N5OS. The molecule has 4 aromatic rings. The fraction of sp³-hybridized carbons (Fsp3) is 0.303. The molecule has 1 aliphatic heterocycles. The maximum absolute atomic E-state index is 12.1. The number of hydrogen-bond acceptors (Lipinski definition) is 3. The monoisotopic (exact) mass is 551 g/mol. The van der Waals surface area contributed by atoms with Gasteiger partial charge < -0.3 is 20.1 Å². The fourth-order valence-electron chi connectivity index (χ4n) is 6.08. The Balaban J connectivity index is 1.66. The second kappa shape index (κ2) is 10.9. The van der Waals surface area contributed by atoms with Crippen LogP contribution in [0.4, 0.5) is 11.4 Å². The number of amides is 1. The lowest BCUT2D eigenvalue weighted by molar-refractivity contribution is -0.115. The molecular weight excluding hydrogens is 514 g/mol. The molecule has 5 rings (SSSR count). The highest BCUT2D eigenvalue weighted by Gasteiger charge is 2.42. The zero-order valence-electron chi connectivity index (χ0n) is 24.3. The minimum atomic E-state index is -0.136. The van der Waals surface area contributed by atoms with E-state index in [0.717, 1.165) is 22.6 Å². The number of carbonyl (C=O) groups excluding carboxylic acids is 1. The molecule has 2 N–H and O–H groups in total. The van der Waals surface area contributed by atoms with Crippen molar-refractivity contribution >= 4 is 34.6 Å². The van der Waals surface area contributed by atoms with Crippen molar-refractivity contribution < 1.29 is 4.79 Å². The third kappa shape index (κ3) is 4.90. The van der Waals surface area contributed by atoms with Crippen molar-refractivity contribution in [3.63, 3.8) is 0 Å². The molecule has 1 aliphatic rings. The highest BCUT2D eigenvalue weighted by atomic mass is 32.1. The average Bonchev–Trinajstić information content (AvgIpc) is 3.40. The van der Waals surface area contributed by atoms with Gasteiger partial charge in [-0.25, -0.2) is 0 Å². The molecule has 0 bridgehead atoms. The van der Waals surface area contributed by atoms with E-state index in [1.807, 2.05) is 44.3 Å². The molecule has 1 saturated heterocycles. The fourth-order valence-corrected chi connectivity index (χ4v) is 6.43. The molecule has 1 fully saturated rings. The van der Waals surface area contributed by atoms with Crippen LogP contribution in [0.3, 0.4) is 0 Å². The van der Waals surface area contributed by atoms with E-state index in [1.165, 1.54) is 39.3 Å². The summed E-state index contributed by atoms with van der Waals surface area (Å²) in [6.45, 7) is 14.8. The minimum Gasteiger partial charge on any atom is -0.351 e. The van der Waals surface area contributed by atoms with Crippen LogP contribution in [0.15, 0.2) is 60.8 Å². The largest absolute Gasteiger partial charge is 0.351 e. The Hall–Kier alpha value is -3.97. The summed E-state index contributed by atoms with van der Waals surface area (Å²) in [6.07, 6.45) is 2.27.